The fourth-order valence-electron chi connectivity index (χ4n) is 2.87. The molecule has 2 N–H and O–H groups in total. The molecule has 3 rings (SSSR count). The van der Waals surface area contributed by atoms with Gasteiger partial charge in [0.15, 0.2) is 0 Å². The van der Waals surface area contributed by atoms with Crippen LogP contribution in [0.15, 0.2) is 91.0 Å². The highest BCUT2D eigenvalue weighted by Crippen LogP contribution is 2.36. The summed E-state index contributed by atoms with van der Waals surface area (Å²) in [5.41, 5.74) is 1.81. The summed E-state index contributed by atoms with van der Waals surface area (Å²) in [5.74, 6) is 0. The third-order valence-corrected chi connectivity index (χ3v) is 4.34. The Hall–Kier alpha value is -2.27. The Morgan fingerprint density at radius 1 is 0.652 bits per heavy atom. The molecule has 0 heterocycles. The molecule has 1 atom stereocenters. The number of hydrogen-bond donors (Lipinski definition) is 2. The minimum atomic E-state index is -2.19. The lowest BCUT2D eigenvalue weighted by Gasteiger charge is -2.35. The van der Waals surface area contributed by atoms with Crippen molar-refractivity contribution in [3.63, 3.8) is 0 Å². The molecule has 0 saturated heterocycles. The normalized spacial score (nSPS) is 12.7. The summed E-state index contributed by atoms with van der Waals surface area (Å²) < 4.78 is 24.2. The van der Waals surface area contributed by atoms with E-state index in [9.17, 15) is 8.76 Å². The number of benzene rings is 3. The van der Waals surface area contributed by atoms with Gasteiger partial charge in [0, 0.05) is 0 Å². The molecular formula is C19H17NO2S. The highest BCUT2D eigenvalue weighted by Gasteiger charge is 2.37. The van der Waals surface area contributed by atoms with E-state index in [0.717, 1.165) is 16.7 Å². The maximum Gasteiger partial charge on any atom is 0.233 e. The van der Waals surface area contributed by atoms with Gasteiger partial charge in [-0.15, -0.1) is 0 Å². The second-order valence-corrected chi connectivity index (χ2v) is 5.90. The van der Waals surface area contributed by atoms with Gasteiger partial charge in [-0.25, -0.2) is 4.21 Å². The van der Waals surface area contributed by atoms with Gasteiger partial charge in [0.2, 0.25) is 11.3 Å². The van der Waals surface area contributed by atoms with Crippen LogP contribution in [0.5, 0.6) is 0 Å². The average molecular weight is 323 g/mol. The summed E-state index contributed by atoms with van der Waals surface area (Å²) in [4.78, 5) is 0. The van der Waals surface area contributed by atoms with Crippen molar-refractivity contribution >= 4 is 11.3 Å². The van der Waals surface area contributed by atoms with Crippen LogP contribution in [-0.4, -0.2) is 8.76 Å². The van der Waals surface area contributed by atoms with Crippen LogP contribution < -0.4 is 4.72 Å². The Morgan fingerprint density at radius 2 is 0.957 bits per heavy atom. The van der Waals surface area contributed by atoms with Crippen molar-refractivity contribution in [1.29, 1.82) is 0 Å². The second-order valence-electron chi connectivity index (χ2n) is 5.20. The van der Waals surface area contributed by atoms with Crippen LogP contribution in [0.2, 0.25) is 0 Å². The predicted molar refractivity (Wildman–Crippen MR) is 93.1 cm³/mol. The summed E-state index contributed by atoms with van der Waals surface area (Å²) in [6, 6.07) is 29.1. The van der Waals surface area contributed by atoms with Crippen molar-refractivity contribution in [3.05, 3.63) is 108 Å². The smallest absolute Gasteiger partial charge is 0.233 e. The molecule has 0 aromatic heterocycles. The molecular weight excluding hydrogens is 306 g/mol. The molecule has 0 amide bonds. The zero-order valence-electron chi connectivity index (χ0n) is 12.4. The molecule has 3 aromatic carbocycles. The number of nitrogens with one attached hydrogen (secondary N) is 1. The first kappa shape index (κ1) is 15.6. The van der Waals surface area contributed by atoms with Crippen LogP contribution in [0, 0.1) is 0 Å². The maximum absolute atomic E-state index is 11.7. The summed E-state index contributed by atoms with van der Waals surface area (Å²) in [6.45, 7) is 0. The monoisotopic (exact) mass is 323 g/mol. The Morgan fingerprint density at radius 3 is 1.22 bits per heavy atom. The van der Waals surface area contributed by atoms with E-state index in [1.54, 1.807) is 0 Å². The fourth-order valence-corrected chi connectivity index (χ4v) is 3.49. The molecule has 0 fully saturated rings. The molecule has 23 heavy (non-hydrogen) atoms. The molecule has 1 unspecified atom stereocenters. The van der Waals surface area contributed by atoms with Crippen molar-refractivity contribution < 1.29 is 8.76 Å². The molecule has 0 aliphatic heterocycles. The van der Waals surface area contributed by atoms with Crippen molar-refractivity contribution in [2.75, 3.05) is 0 Å². The number of hydrogen-bond acceptors (Lipinski definition) is 1. The minimum Gasteiger partial charge on any atom is -0.294 e. The van der Waals surface area contributed by atoms with E-state index in [1.807, 2.05) is 91.0 Å². The SMILES string of the molecule is O=S(O)NC(c1ccccc1)(c1ccccc1)c1ccccc1. The molecule has 3 nitrogen and oxygen atoms in total. The molecule has 4 heteroatoms. The van der Waals surface area contributed by atoms with Crippen LogP contribution in [0.4, 0.5) is 0 Å². The highest BCUT2D eigenvalue weighted by molar-refractivity contribution is 7.77. The van der Waals surface area contributed by atoms with Crippen molar-refractivity contribution in [2.45, 2.75) is 5.54 Å². The van der Waals surface area contributed by atoms with Gasteiger partial charge in [-0.1, -0.05) is 91.0 Å². The van der Waals surface area contributed by atoms with E-state index >= 15 is 0 Å². The molecule has 0 saturated carbocycles. The summed E-state index contributed by atoms with van der Waals surface area (Å²) in [5, 5.41) is 0. The van der Waals surface area contributed by atoms with Crippen LogP contribution in [-0.2, 0) is 16.8 Å². The van der Waals surface area contributed by atoms with Gasteiger partial charge >= 0.3 is 0 Å². The standard InChI is InChI=1S/C19H17NO2S/c21-23(22)20-19(16-10-4-1-5-11-16,17-12-6-2-7-13-17)18-14-8-3-9-15-18/h1-15,20H,(H,21,22). The van der Waals surface area contributed by atoms with Gasteiger partial charge in [-0.2, -0.15) is 4.72 Å². The third-order valence-electron chi connectivity index (χ3n) is 3.86. The molecule has 3 aromatic rings. The van der Waals surface area contributed by atoms with Gasteiger partial charge in [-0.3, -0.25) is 4.55 Å². The topological polar surface area (TPSA) is 49.3 Å². The zero-order valence-corrected chi connectivity index (χ0v) is 13.2. The number of rotatable bonds is 5. The molecule has 0 aliphatic rings. The fraction of sp³-hybridized carbons (Fsp3) is 0.0526. The van der Waals surface area contributed by atoms with Crippen LogP contribution >= 0.6 is 0 Å². The molecule has 0 spiro atoms. The van der Waals surface area contributed by atoms with Gasteiger partial charge in [-0.05, 0) is 16.7 Å². The minimum absolute atomic E-state index is 0.899. The second kappa shape index (κ2) is 6.87. The van der Waals surface area contributed by atoms with Gasteiger partial charge < -0.3 is 0 Å². The Bertz CT molecular complexity index is 680. The Labute approximate surface area is 138 Å². The summed E-state index contributed by atoms with van der Waals surface area (Å²) in [6.07, 6.45) is 0. The van der Waals surface area contributed by atoms with Crippen molar-refractivity contribution in [3.8, 4) is 0 Å². The maximum atomic E-state index is 11.7. The van der Waals surface area contributed by atoms with Crippen LogP contribution in [0.1, 0.15) is 16.7 Å². The van der Waals surface area contributed by atoms with E-state index in [2.05, 4.69) is 4.72 Å². The van der Waals surface area contributed by atoms with Gasteiger partial charge in [0.1, 0.15) is 5.54 Å². The van der Waals surface area contributed by atoms with E-state index in [1.165, 1.54) is 0 Å². The lowest BCUT2D eigenvalue weighted by atomic mass is 9.78. The zero-order chi connectivity index (χ0) is 16.1. The highest BCUT2D eigenvalue weighted by atomic mass is 32.2. The Kier molecular flexibility index (Phi) is 4.67. The van der Waals surface area contributed by atoms with E-state index in [0.29, 0.717) is 0 Å². The molecule has 116 valence electrons. The molecule has 0 bridgehead atoms. The first-order valence-corrected chi connectivity index (χ1v) is 8.39. The third kappa shape index (κ3) is 3.10. The predicted octanol–water partition coefficient (Wildman–Crippen LogP) is 3.70. The van der Waals surface area contributed by atoms with E-state index < -0.39 is 16.8 Å². The quantitative estimate of drug-likeness (QED) is 0.555. The summed E-state index contributed by atoms with van der Waals surface area (Å²) >= 11 is -2.19. The molecule has 0 radical (unpaired) electrons. The summed E-state index contributed by atoms with van der Waals surface area (Å²) in [7, 11) is 0. The van der Waals surface area contributed by atoms with Crippen LogP contribution in [0.3, 0.4) is 0 Å². The first-order valence-electron chi connectivity index (χ1n) is 7.29. The lowest BCUT2D eigenvalue weighted by Crippen LogP contribution is -2.45. The van der Waals surface area contributed by atoms with Gasteiger partial charge in [0.25, 0.3) is 0 Å². The van der Waals surface area contributed by atoms with Crippen LogP contribution in [0.25, 0.3) is 0 Å². The van der Waals surface area contributed by atoms with E-state index in [-0.39, 0.29) is 0 Å². The lowest BCUT2D eigenvalue weighted by molar-refractivity contribution is 0.504. The Balaban J connectivity index is 2.32. The first-order chi connectivity index (χ1) is 11.2. The van der Waals surface area contributed by atoms with Crippen molar-refractivity contribution in [2.24, 2.45) is 0 Å². The van der Waals surface area contributed by atoms with E-state index in [4.69, 9.17) is 0 Å². The average Bonchev–Trinajstić information content (AvgIpc) is 2.62. The van der Waals surface area contributed by atoms with Gasteiger partial charge in [0.05, 0.1) is 0 Å². The largest absolute Gasteiger partial charge is 0.294 e. The molecule has 0 aliphatic carbocycles. The van der Waals surface area contributed by atoms with Crippen molar-refractivity contribution in [1.82, 2.24) is 4.72 Å².